The first kappa shape index (κ1) is 36.6. The summed E-state index contributed by atoms with van der Waals surface area (Å²) in [6.07, 6.45) is 12.4. The van der Waals surface area contributed by atoms with Crippen molar-refractivity contribution in [3.8, 4) is 0 Å². The number of aromatic nitrogens is 2. The molecule has 47 heavy (non-hydrogen) atoms. The lowest BCUT2D eigenvalue weighted by atomic mass is 9.89. The molecule has 248 valence electrons. The SMILES string of the molecule is C.C.C.Clc1ccc2c(c1)CCc1cccnc1C2=C1CCNCC1.Clc1ccc2c(c1)CCc1cccnc1C2=C1CCNCC1. The van der Waals surface area contributed by atoms with Crippen molar-refractivity contribution in [2.24, 2.45) is 0 Å². The van der Waals surface area contributed by atoms with E-state index >= 15 is 0 Å². The molecule has 6 heteroatoms. The molecule has 0 saturated carbocycles. The van der Waals surface area contributed by atoms with Crippen molar-refractivity contribution < 1.29 is 0 Å². The first-order valence-electron chi connectivity index (χ1n) is 16.0. The molecule has 2 aliphatic carbocycles. The maximum absolute atomic E-state index is 6.23. The maximum Gasteiger partial charge on any atom is 0.0739 e. The van der Waals surface area contributed by atoms with Crippen molar-refractivity contribution in [3.05, 3.63) is 139 Å². The Morgan fingerprint density at radius 2 is 0.851 bits per heavy atom. The fourth-order valence-electron chi connectivity index (χ4n) is 7.22. The van der Waals surface area contributed by atoms with Gasteiger partial charge in [0, 0.05) is 33.6 Å². The number of nitrogens with one attached hydrogen (secondary N) is 2. The van der Waals surface area contributed by atoms with E-state index in [1.54, 1.807) is 0 Å². The Kier molecular flexibility index (Phi) is 13.0. The van der Waals surface area contributed by atoms with Crippen LogP contribution in [0.15, 0.2) is 84.2 Å². The Bertz CT molecular complexity index is 1610. The molecule has 2 aromatic heterocycles. The Labute approximate surface area is 292 Å². The quantitative estimate of drug-likeness (QED) is 0.196. The fourth-order valence-corrected chi connectivity index (χ4v) is 7.61. The molecular weight excluding hydrogens is 619 g/mol. The summed E-state index contributed by atoms with van der Waals surface area (Å²) in [7, 11) is 0. The van der Waals surface area contributed by atoms with E-state index in [1.807, 2.05) is 36.7 Å². The van der Waals surface area contributed by atoms with Gasteiger partial charge in [-0.3, -0.25) is 9.97 Å². The molecule has 0 amide bonds. The van der Waals surface area contributed by atoms with Crippen molar-refractivity contribution >= 4 is 34.3 Å². The van der Waals surface area contributed by atoms with Crippen molar-refractivity contribution in [3.63, 3.8) is 0 Å². The van der Waals surface area contributed by atoms with Gasteiger partial charge >= 0.3 is 0 Å². The molecular formula is C41H50Cl2N4. The van der Waals surface area contributed by atoms with Gasteiger partial charge in [-0.15, -0.1) is 0 Å². The predicted octanol–water partition coefficient (Wildman–Crippen LogP) is 9.95. The van der Waals surface area contributed by atoms with E-state index in [2.05, 4.69) is 47.0 Å². The minimum atomic E-state index is 0. The molecule has 0 bridgehead atoms. The zero-order valence-corrected chi connectivity index (χ0v) is 26.6. The Morgan fingerprint density at radius 1 is 0.468 bits per heavy atom. The average Bonchev–Trinajstić information content (AvgIpc) is 3.33. The molecule has 8 rings (SSSR count). The highest BCUT2D eigenvalue weighted by Gasteiger charge is 2.25. The molecule has 0 atom stereocenters. The van der Waals surface area contributed by atoms with Crippen molar-refractivity contribution in [1.82, 2.24) is 20.6 Å². The lowest BCUT2D eigenvalue weighted by molar-refractivity contribution is 0.611. The van der Waals surface area contributed by atoms with Crippen molar-refractivity contribution in [2.75, 3.05) is 26.2 Å². The maximum atomic E-state index is 6.23. The minimum Gasteiger partial charge on any atom is -0.316 e. The Hall–Kier alpha value is -3.28. The lowest BCUT2D eigenvalue weighted by Crippen LogP contribution is -2.24. The highest BCUT2D eigenvalue weighted by molar-refractivity contribution is 6.31. The summed E-state index contributed by atoms with van der Waals surface area (Å²) < 4.78 is 0. The third-order valence-corrected chi connectivity index (χ3v) is 9.85. The van der Waals surface area contributed by atoms with Gasteiger partial charge in [-0.05, 0) is 147 Å². The monoisotopic (exact) mass is 668 g/mol. The summed E-state index contributed by atoms with van der Waals surface area (Å²) in [5, 5.41) is 8.55. The van der Waals surface area contributed by atoms with Gasteiger partial charge in [0.15, 0.2) is 0 Å². The van der Waals surface area contributed by atoms with Gasteiger partial charge in [-0.25, -0.2) is 0 Å². The molecule has 4 aromatic rings. The van der Waals surface area contributed by atoms with Gasteiger partial charge in [0.1, 0.15) is 0 Å². The van der Waals surface area contributed by atoms with Gasteiger partial charge in [-0.1, -0.05) is 80.9 Å². The van der Waals surface area contributed by atoms with Crippen LogP contribution >= 0.6 is 23.2 Å². The molecule has 2 aromatic carbocycles. The van der Waals surface area contributed by atoms with E-state index in [0.29, 0.717) is 0 Å². The van der Waals surface area contributed by atoms with Crippen LogP contribution in [0.25, 0.3) is 11.1 Å². The largest absolute Gasteiger partial charge is 0.316 e. The summed E-state index contributed by atoms with van der Waals surface area (Å²) >= 11 is 12.5. The summed E-state index contributed by atoms with van der Waals surface area (Å²) in [4.78, 5) is 9.49. The number of fused-ring (bicyclic) bond motifs is 4. The van der Waals surface area contributed by atoms with Gasteiger partial charge in [0.2, 0.25) is 0 Å². The molecule has 2 N–H and O–H groups in total. The van der Waals surface area contributed by atoms with Crippen LogP contribution in [-0.2, 0) is 25.7 Å². The fraction of sp³-hybridized carbons (Fsp3) is 0.366. The number of benzene rings is 2. The standard InChI is InChI=1S/2C19H19ClN2.3CH4/c2*20-16-5-6-17-15(12-16)4-3-14-2-1-9-22-19(14)18(17)13-7-10-21-11-8-13;;;/h2*1-2,5-6,9,12,21H,3-4,7-8,10-11H2;3*1H4. The van der Waals surface area contributed by atoms with E-state index in [1.165, 1.54) is 67.1 Å². The molecule has 2 saturated heterocycles. The highest BCUT2D eigenvalue weighted by atomic mass is 35.5. The number of hydrogen-bond acceptors (Lipinski definition) is 4. The van der Waals surface area contributed by atoms with Crippen LogP contribution in [0.3, 0.4) is 0 Å². The Balaban J connectivity index is 0.000000200. The molecule has 4 heterocycles. The zero-order valence-electron chi connectivity index (χ0n) is 25.1. The number of piperidine rings is 2. The second-order valence-electron chi connectivity index (χ2n) is 12.1. The number of halogens is 2. The van der Waals surface area contributed by atoms with Crippen LogP contribution < -0.4 is 10.6 Å². The van der Waals surface area contributed by atoms with E-state index in [9.17, 15) is 0 Å². The first-order chi connectivity index (χ1) is 21.7. The van der Waals surface area contributed by atoms with Crippen LogP contribution in [0, 0.1) is 0 Å². The molecule has 2 fully saturated rings. The molecule has 4 nitrogen and oxygen atoms in total. The van der Waals surface area contributed by atoms with Crippen LogP contribution in [0.4, 0.5) is 0 Å². The summed E-state index contributed by atoms with van der Waals surface area (Å²) in [6.45, 7) is 4.24. The van der Waals surface area contributed by atoms with Crippen LogP contribution in [-0.4, -0.2) is 36.1 Å². The number of pyridine rings is 2. The van der Waals surface area contributed by atoms with Gasteiger partial charge in [0.25, 0.3) is 0 Å². The third kappa shape index (κ3) is 7.90. The minimum absolute atomic E-state index is 0. The van der Waals surface area contributed by atoms with Crippen LogP contribution in [0.2, 0.25) is 10.0 Å². The third-order valence-electron chi connectivity index (χ3n) is 9.38. The summed E-state index contributed by atoms with van der Waals surface area (Å²) in [5.74, 6) is 0. The number of aryl methyl sites for hydroxylation is 4. The molecule has 0 radical (unpaired) electrons. The van der Waals surface area contributed by atoms with E-state index in [0.717, 1.165) is 87.6 Å². The number of hydrogen-bond donors (Lipinski definition) is 2. The van der Waals surface area contributed by atoms with Crippen LogP contribution in [0.1, 0.15) is 92.7 Å². The second-order valence-corrected chi connectivity index (χ2v) is 13.0. The molecule has 0 unspecified atom stereocenters. The van der Waals surface area contributed by atoms with Gasteiger partial charge in [0.05, 0.1) is 11.4 Å². The van der Waals surface area contributed by atoms with Crippen molar-refractivity contribution in [1.29, 1.82) is 0 Å². The molecule has 2 aliphatic heterocycles. The van der Waals surface area contributed by atoms with E-state index < -0.39 is 0 Å². The normalized spacial score (nSPS) is 16.6. The van der Waals surface area contributed by atoms with Gasteiger partial charge in [-0.2, -0.15) is 0 Å². The number of rotatable bonds is 0. The molecule has 4 aliphatic rings. The first-order valence-corrected chi connectivity index (χ1v) is 16.7. The van der Waals surface area contributed by atoms with E-state index in [-0.39, 0.29) is 22.3 Å². The van der Waals surface area contributed by atoms with Gasteiger partial charge < -0.3 is 10.6 Å². The smallest absolute Gasteiger partial charge is 0.0739 e. The lowest BCUT2D eigenvalue weighted by Gasteiger charge is -2.21. The van der Waals surface area contributed by atoms with E-state index in [4.69, 9.17) is 33.2 Å². The Morgan fingerprint density at radius 3 is 1.26 bits per heavy atom. The zero-order chi connectivity index (χ0) is 29.9. The summed E-state index contributed by atoms with van der Waals surface area (Å²) in [6, 6.07) is 21.2. The predicted molar refractivity (Wildman–Crippen MR) is 203 cm³/mol. The van der Waals surface area contributed by atoms with Crippen LogP contribution in [0.5, 0.6) is 0 Å². The topological polar surface area (TPSA) is 49.8 Å². The number of nitrogens with zero attached hydrogens (tertiary/aromatic N) is 2. The average molecular weight is 670 g/mol. The highest BCUT2D eigenvalue weighted by Crippen LogP contribution is 2.39. The summed E-state index contributed by atoms with van der Waals surface area (Å²) in [5.41, 5.74) is 16.2. The van der Waals surface area contributed by atoms with Crippen molar-refractivity contribution in [2.45, 2.75) is 73.6 Å². The second kappa shape index (κ2) is 16.7. The molecule has 0 spiro atoms.